The molecule has 2 heterocycles. The van der Waals surface area contributed by atoms with E-state index in [1.54, 1.807) is 11.1 Å². The molecule has 0 saturated carbocycles. The molecule has 116 valence electrons. The summed E-state index contributed by atoms with van der Waals surface area (Å²) in [5, 5.41) is 11.9. The number of hydrogen-bond donors (Lipinski definition) is 3. The Morgan fingerprint density at radius 2 is 2.33 bits per heavy atom. The summed E-state index contributed by atoms with van der Waals surface area (Å²) >= 11 is 0. The molecule has 0 spiro atoms. The van der Waals surface area contributed by atoms with Crippen LogP contribution in [0.4, 0.5) is 4.79 Å². The number of likely N-dealkylation sites (tertiary alicyclic amines) is 1. The number of rotatable bonds is 5. The van der Waals surface area contributed by atoms with Gasteiger partial charge < -0.3 is 20.3 Å². The van der Waals surface area contributed by atoms with Crippen molar-refractivity contribution < 1.29 is 14.7 Å². The second kappa shape index (κ2) is 6.60. The number of H-pyrrole nitrogens is 1. The fourth-order valence-electron chi connectivity index (χ4n) is 2.88. The number of aromatic amines is 1. The van der Waals surface area contributed by atoms with Gasteiger partial charge in [0.25, 0.3) is 0 Å². The van der Waals surface area contributed by atoms with Gasteiger partial charge in [-0.15, -0.1) is 0 Å². The van der Waals surface area contributed by atoms with Gasteiger partial charge in [-0.1, -0.05) is 6.92 Å². The molecule has 0 aliphatic carbocycles. The summed E-state index contributed by atoms with van der Waals surface area (Å²) in [6, 6.07) is -0.903. The number of nitrogens with one attached hydrogen (secondary N) is 2. The number of imidazole rings is 1. The van der Waals surface area contributed by atoms with E-state index in [4.69, 9.17) is 0 Å². The van der Waals surface area contributed by atoms with Crippen LogP contribution in [0.15, 0.2) is 12.5 Å². The Morgan fingerprint density at radius 1 is 1.57 bits per heavy atom. The molecule has 3 N–H and O–H groups in total. The minimum atomic E-state index is -1.04. The van der Waals surface area contributed by atoms with Crippen LogP contribution in [0.1, 0.15) is 38.8 Å². The molecule has 21 heavy (non-hydrogen) atoms. The van der Waals surface area contributed by atoms with Crippen molar-refractivity contribution in [2.45, 2.75) is 57.7 Å². The van der Waals surface area contributed by atoms with E-state index in [9.17, 15) is 14.7 Å². The number of urea groups is 1. The Kier molecular flexibility index (Phi) is 4.82. The first kappa shape index (κ1) is 15.3. The van der Waals surface area contributed by atoms with E-state index in [1.165, 1.54) is 6.33 Å². The number of carboxylic acids is 1. The van der Waals surface area contributed by atoms with E-state index in [0.717, 1.165) is 19.3 Å². The third-order valence-corrected chi connectivity index (χ3v) is 4.07. The Labute approximate surface area is 123 Å². The van der Waals surface area contributed by atoms with Gasteiger partial charge in [-0.2, -0.15) is 0 Å². The van der Waals surface area contributed by atoms with Crippen LogP contribution in [0.2, 0.25) is 0 Å². The third-order valence-electron chi connectivity index (χ3n) is 4.07. The first-order valence-electron chi connectivity index (χ1n) is 7.31. The summed E-state index contributed by atoms with van der Waals surface area (Å²) in [7, 11) is 0. The van der Waals surface area contributed by atoms with Gasteiger partial charge in [0.15, 0.2) is 0 Å². The fourth-order valence-corrected chi connectivity index (χ4v) is 2.88. The van der Waals surface area contributed by atoms with Gasteiger partial charge in [-0.25, -0.2) is 14.6 Å². The van der Waals surface area contributed by atoms with Crippen molar-refractivity contribution in [2.24, 2.45) is 0 Å². The molecule has 2 rings (SSSR count). The average Bonchev–Trinajstić information content (AvgIpc) is 3.06. The van der Waals surface area contributed by atoms with E-state index in [0.29, 0.717) is 5.69 Å². The van der Waals surface area contributed by atoms with Crippen LogP contribution in [0.3, 0.4) is 0 Å². The first-order valence-corrected chi connectivity index (χ1v) is 7.31. The fraction of sp³-hybridized carbons (Fsp3) is 0.643. The SMILES string of the molecule is CCC1CCC(C)N1C(=O)N[C@@H](Cc1cnc[nH]1)C(=O)O. The van der Waals surface area contributed by atoms with Crippen LogP contribution < -0.4 is 5.32 Å². The summed E-state index contributed by atoms with van der Waals surface area (Å²) < 4.78 is 0. The van der Waals surface area contributed by atoms with Crippen molar-refractivity contribution in [3.63, 3.8) is 0 Å². The Balaban J connectivity index is 2.02. The predicted molar refractivity (Wildman–Crippen MR) is 76.9 cm³/mol. The maximum atomic E-state index is 12.4. The van der Waals surface area contributed by atoms with Gasteiger partial charge in [0.2, 0.25) is 0 Å². The highest BCUT2D eigenvalue weighted by molar-refractivity contribution is 5.83. The zero-order valence-electron chi connectivity index (χ0n) is 12.4. The van der Waals surface area contributed by atoms with Crippen LogP contribution in [-0.4, -0.2) is 50.1 Å². The van der Waals surface area contributed by atoms with E-state index in [-0.39, 0.29) is 24.5 Å². The molecule has 1 aromatic rings. The molecule has 2 amide bonds. The van der Waals surface area contributed by atoms with Crippen molar-refractivity contribution in [2.75, 3.05) is 0 Å². The third kappa shape index (κ3) is 3.53. The smallest absolute Gasteiger partial charge is 0.326 e. The van der Waals surface area contributed by atoms with Crippen LogP contribution in [0.5, 0.6) is 0 Å². The van der Waals surface area contributed by atoms with Crippen molar-refractivity contribution >= 4 is 12.0 Å². The number of nitrogens with zero attached hydrogens (tertiary/aromatic N) is 2. The molecule has 1 aromatic heterocycles. The summed E-state index contributed by atoms with van der Waals surface area (Å²) in [6.07, 6.45) is 6.07. The highest BCUT2D eigenvalue weighted by Gasteiger charge is 2.35. The zero-order chi connectivity index (χ0) is 15.4. The molecule has 1 aliphatic heterocycles. The van der Waals surface area contributed by atoms with Gasteiger partial charge in [0, 0.05) is 30.4 Å². The number of carboxylic acid groups (broad SMARTS) is 1. The number of hydrogen-bond acceptors (Lipinski definition) is 3. The second-order valence-corrected chi connectivity index (χ2v) is 5.52. The molecule has 1 fully saturated rings. The summed E-state index contributed by atoms with van der Waals surface area (Å²) in [6.45, 7) is 4.04. The Morgan fingerprint density at radius 3 is 2.90 bits per heavy atom. The van der Waals surface area contributed by atoms with Gasteiger partial charge in [0.1, 0.15) is 6.04 Å². The first-order chi connectivity index (χ1) is 10.0. The molecular formula is C14H22N4O3. The molecule has 0 bridgehead atoms. The van der Waals surface area contributed by atoms with Crippen LogP contribution in [0.25, 0.3) is 0 Å². The number of carbonyl (C=O) groups excluding carboxylic acids is 1. The number of carbonyl (C=O) groups is 2. The minimum absolute atomic E-state index is 0.150. The molecule has 1 aliphatic rings. The molecule has 2 unspecified atom stereocenters. The normalized spacial score (nSPS) is 23.0. The second-order valence-electron chi connectivity index (χ2n) is 5.52. The van der Waals surface area contributed by atoms with Crippen LogP contribution >= 0.6 is 0 Å². The highest BCUT2D eigenvalue weighted by atomic mass is 16.4. The molecular weight excluding hydrogens is 272 g/mol. The van der Waals surface area contributed by atoms with Gasteiger partial charge in [0.05, 0.1) is 6.33 Å². The van der Waals surface area contributed by atoms with Crippen molar-refractivity contribution in [3.05, 3.63) is 18.2 Å². The van der Waals surface area contributed by atoms with E-state index in [1.807, 2.05) is 13.8 Å². The molecule has 0 radical (unpaired) electrons. The van der Waals surface area contributed by atoms with Crippen molar-refractivity contribution in [3.8, 4) is 0 Å². The molecule has 0 aromatic carbocycles. The number of aromatic nitrogens is 2. The number of aliphatic carboxylic acids is 1. The highest BCUT2D eigenvalue weighted by Crippen LogP contribution is 2.25. The molecule has 7 nitrogen and oxygen atoms in total. The molecule has 3 atom stereocenters. The van der Waals surface area contributed by atoms with Gasteiger partial charge >= 0.3 is 12.0 Å². The summed E-state index contributed by atoms with van der Waals surface area (Å²) in [5.74, 6) is -1.04. The lowest BCUT2D eigenvalue weighted by Crippen LogP contribution is -2.52. The van der Waals surface area contributed by atoms with E-state index in [2.05, 4.69) is 15.3 Å². The minimum Gasteiger partial charge on any atom is -0.480 e. The Hall–Kier alpha value is -2.05. The maximum Gasteiger partial charge on any atom is 0.326 e. The number of amides is 2. The van der Waals surface area contributed by atoms with Crippen molar-refractivity contribution in [1.29, 1.82) is 0 Å². The van der Waals surface area contributed by atoms with Gasteiger partial charge in [-0.3, -0.25) is 0 Å². The lowest BCUT2D eigenvalue weighted by molar-refractivity contribution is -0.139. The van der Waals surface area contributed by atoms with Gasteiger partial charge in [-0.05, 0) is 26.2 Å². The van der Waals surface area contributed by atoms with Crippen LogP contribution in [0, 0.1) is 0 Å². The lowest BCUT2D eigenvalue weighted by Gasteiger charge is -2.29. The zero-order valence-corrected chi connectivity index (χ0v) is 12.4. The quantitative estimate of drug-likeness (QED) is 0.764. The van der Waals surface area contributed by atoms with Crippen LogP contribution in [-0.2, 0) is 11.2 Å². The van der Waals surface area contributed by atoms with Crippen molar-refractivity contribution in [1.82, 2.24) is 20.2 Å². The monoisotopic (exact) mass is 294 g/mol. The van der Waals surface area contributed by atoms with E-state index >= 15 is 0 Å². The lowest BCUT2D eigenvalue weighted by atomic mass is 10.1. The predicted octanol–water partition coefficient (Wildman–Crippen LogP) is 1.38. The average molecular weight is 294 g/mol. The molecule has 1 saturated heterocycles. The van der Waals surface area contributed by atoms with E-state index < -0.39 is 12.0 Å². The standard InChI is InChI=1S/C14H22N4O3/c1-3-11-5-4-9(2)18(11)14(21)17-12(13(19)20)6-10-7-15-8-16-10/h7-9,11-12H,3-6H2,1-2H3,(H,15,16)(H,17,21)(H,19,20)/t9?,11?,12-/m0/s1. The topological polar surface area (TPSA) is 98.3 Å². The summed E-state index contributed by atoms with van der Waals surface area (Å²) in [5.41, 5.74) is 0.684. The summed E-state index contributed by atoms with van der Waals surface area (Å²) in [4.78, 5) is 32.2. The maximum absolute atomic E-state index is 12.4. The Bertz CT molecular complexity index is 488. The molecule has 7 heteroatoms. The largest absolute Gasteiger partial charge is 0.480 e.